The topological polar surface area (TPSA) is 64.4 Å². The minimum Gasteiger partial charge on any atom is -0.496 e. The van der Waals surface area contributed by atoms with Crippen molar-refractivity contribution in [3.63, 3.8) is 0 Å². The Bertz CT molecular complexity index is 914. The second-order valence-corrected chi connectivity index (χ2v) is 6.61. The van der Waals surface area contributed by atoms with Crippen LogP contribution in [-0.4, -0.2) is 24.7 Å². The Kier molecular flexibility index (Phi) is 4.21. The van der Waals surface area contributed by atoms with Crippen LogP contribution >= 0.6 is 0 Å². The zero-order valence-corrected chi connectivity index (χ0v) is 14.6. The second-order valence-electron chi connectivity index (χ2n) is 6.61. The number of benzene rings is 2. The van der Waals surface area contributed by atoms with Gasteiger partial charge in [-0.2, -0.15) is 0 Å². The van der Waals surface area contributed by atoms with E-state index in [9.17, 15) is 4.79 Å². The fraction of sp³-hybridized carbons (Fsp3) is 0.238. The highest BCUT2D eigenvalue weighted by Crippen LogP contribution is 2.47. The molecule has 0 unspecified atom stereocenters. The molecule has 0 bridgehead atoms. The molecule has 4 rings (SSSR count). The maximum atomic E-state index is 12.5. The molecule has 1 heterocycles. The molecule has 0 saturated heterocycles. The van der Waals surface area contributed by atoms with Crippen LogP contribution in [0.1, 0.15) is 28.9 Å². The van der Waals surface area contributed by atoms with Crippen molar-refractivity contribution < 1.29 is 14.1 Å². The molecule has 26 heavy (non-hydrogen) atoms. The summed E-state index contributed by atoms with van der Waals surface area (Å²) in [4.78, 5) is 12.5. The minimum absolute atomic E-state index is 0.0616. The molecule has 0 spiro atoms. The van der Waals surface area contributed by atoms with Crippen molar-refractivity contribution in [2.45, 2.75) is 18.3 Å². The van der Waals surface area contributed by atoms with Gasteiger partial charge in [-0.15, -0.1) is 0 Å². The first-order valence-electron chi connectivity index (χ1n) is 8.66. The minimum atomic E-state index is -0.225. The van der Waals surface area contributed by atoms with Crippen LogP contribution in [0.15, 0.2) is 65.2 Å². The highest BCUT2D eigenvalue weighted by Gasteiger charge is 2.44. The lowest BCUT2D eigenvalue weighted by molar-refractivity contribution is 0.0940. The number of amides is 1. The standard InChI is InChI=1S/C21H20N2O3/c1-25-18-10-6-5-9-16(18)19-13-17(23-26-19)20(24)22-14-21(11-12-21)15-7-3-2-4-8-15/h2-10,13H,11-12,14H2,1H3,(H,22,24). The smallest absolute Gasteiger partial charge is 0.273 e. The Hall–Kier alpha value is -3.08. The molecule has 0 radical (unpaired) electrons. The van der Waals surface area contributed by atoms with Gasteiger partial charge < -0.3 is 14.6 Å². The summed E-state index contributed by atoms with van der Waals surface area (Å²) in [7, 11) is 1.60. The van der Waals surface area contributed by atoms with Gasteiger partial charge in [0.05, 0.1) is 12.7 Å². The maximum Gasteiger partial charge on any atom is 0.273 e. The molecule has 1 aromatic heterocycles. The van der Waals surface area contributed by atoms with Crippen molar-refractivity contribution >= 4 is 5.91 Å². The van der Waals surface area contributed by atoms with Crippen molar-refractivity contribution in [2.24, 2.45) is 0 Å². The lowest BCUT2D eigenvalue weighted by atomic mass is 9.96. The molecular formula is C21H20N2O3. The van der Waals surface area contributed by atoms with Gasteiger partial charge in [-0.05, 0) is 30.5 Å². The van der Waals surface area contributed by atoms with E-state index in [1.807, 2.05) is 42.5 Å². The molecule has 132 valence electrons. The van der Waals surface area contributed by atoms with Gasteiger partial charge in [-0.3, -0.25) is 4.79 Å². The number of aromatic nitrogens is 1. The molecule has 1 aliphatic carbocycles. The van der Waals surface area contributed by atoms with E-state index >= 15 is 0 Å². The van der Waals surface area contributed by atoms with Crippen molar-refractivity contribution in [3.8, 4) is 17.1 Å². The number of carbonyl (C=O) groups excluding carboxylic acids is 1. The van der Waals surface area contributed by atoms with Gasteiger partial charge in [0.15, 0.2) is 11.5 Å². The van der Waals surface area contributed by atoms with E-state index in [1.54, 1.807) is 13.2 Å². The Morgan fingerprint density at radius 3 is 2.62 bits per heavy atom. The number of hydrogen-bond donors (Lipinski definition) is 1. The van der Waals surface area contributed by atoms with Gasteiger partial charge >= 0.3 is 0 Å². The van der Waals surface area contributed by atoms with Gasteiger partial charge in [0.2, 0.25) is 0 Å². The van der Waals surface area contributed by atoms with E-state index in [2.05, 4.69) is 22.6 Å². The van der Waals surface area contributed by atoms with Crippen molar-refractivity contribution in [1.29, 1.82) is 0 Å². The van der Waals surface area contributed by atoms with Crippen molar-refractivity contribution in [1.82, 2.24) is 10.5 Å². The van der Waals surface area contributed by atoms with Crippen molar-refractivity contribution in [3.05, 3.63) is 71.9 Å². The van der Waals surface area contributed by atoms with E-state index in [0.29, 0.717) is 18.1 Å². The Morgan fingerprint density at radius 1 is 1.15 bits per heavy atom. The predicted octanol–water partition coefficient (Wildman–Crippen LogP) is 3.81. The summed E-state index contributed by atoms with van der Waals surface area (Å²) < 4.78 is 10.7. The number of hydrogen-bond acceptors (Lipinski definition) is 4. The monoisotopic (exact) mass is 348 g/mol. The number of methoxy groups -OCH3 is 1. The predicted molar refractivity (Wildman–Crippen MR) is 98.2 cm³/mol. The number of nitrogens with one attached hydrogen (secondary N) is 1. The summed E-state index contributed by atoms with van der Waals surface area (Å²) in [5, 5.41) is 6.92. The summed E-state index contributed by atoms with van der Waals surface area (Å²) in [5.41, 5.74) is 2.38. The number of nitrogens with zero attached hydrogens (tertiary/aromatic N) is 1. The SMILES string of the molecule is COc1ccccc1-c1cc(C(=O)NCC2(c3ccccc3)CC2)no1. The molecule has 5 heteroatoms. The van der Waals surface area contributed by atoms with Crippen LogP contribution in [0.25, 0.3) is 11.3 Å². The highest BCUT2D eigenvalue weighted by molar-refractivity contribution is 5.93. The van der Waals surface area contributed by atoms with Crippen molar-refractivity contribution in [2.75, 3.05) is 13.7 Å². The van der Waals surface area contributed by atoms with Gasteiger partial charge in [0.25, 0.3) is 5.91 Å². The molecule has 3 aromatic rings. The fourth-order valence-electron chi connectivity index (χ4n) is 3.21. The van der Waals surface area contributed by atoms with Gasteiger partial charge in [-0.1, -0.05) is 47.6 Å². The quantitative estimate of drug-likeness (QED) is 0.736. The lowest BCUT2D eigenvalue weighted by Gasteiger charge is -2.15. The molecule has 1 aliphatic rings. The van der Waals surface area contributed by atoms with Crippen LogP contribution < -0.4 is 10.1 Å². The molecule has 1 fully saturated rings. The molecule has 1 N–H and O–H groups in total. The molecular weight excluding hydrogens is 328 g/mol. The average Bonchev–Trinajstić information content (AvgIpc) is 3.34. The van der Waals surface area contributed by atoms with Crippen LogP contribution in [0.3, 0.4) is 0 Å². The molecule has 1 saturated carbocycles. The first kappa shape index (κ1) is 16.4. The first-order chi connectivity index (χ1) is 12.7. The first-order valence-corrected chi connectivity index (χ1v) is 8.66. The van der Waals surface area contributed by atoms with Crippen LogP contribution in [0.5, 0.6) is 5.75 Å². The van der Waals surface area contributed by atoms with Gasteiger partial charge in [-0.25, -0.2) is 0 Å². The summed E-state index contributed by atoms with van der Waals surface area (Å²) >= 11 is 0. The molecule has 5 nitrogen and oxygen atoms in total. The molecule has 0 atom stereocenters. The molecule has 1 amide bonds. The Labute approximate surface area is 152 Å². The molecule has 0 aliphatic heterocycles. The average molecular weight is 348 g/mol. The zero-order chi connectivity index (χ0) is 18.0. The Balaban J connectivity index is 1.46. The second kappa shape index (κ2) is 6.67. The summed E-state index contributed by atoms with van der Waals surface area (Å²) in [6, 6.07) is 19.4. The third-order valence-corrected chi connectivity index (χ3v) is 4.94. The largest absolute Gasteiger partial charge is 0.496 e. The number of carbonyl (C=O) groups is 1. The Morgan fingerprint density at radius 2 is 1.88 bits per heavy atom. The normalized spacial score (nSPS) is 14.7. The van der Waals surface area contributed by atoms with E-state index in [-0.39, 0.29) is 17.0 Å². The third kappa shape index (κ3) is 3.08. The van der Waals surface area contributed by atoms with Crippen LogP contribution in [0, 0.1) is 0 Å². The van der Waals surface area contributed by atoms with E-state index in [1.165, 1.54) is 5.56 Å². The number of rotatable bonds is 6. The summed E-state index contributed by atoms with van der Waals surface area (Å²) in [6.45, 7) is 0.604. The number of ether oxygens (including phenoxy) is 1. The van der Waals surface area contributed by atoms with Gasteiger partial charge in [0.1, 0.15) is 5.75 Å². The summed E-state index contributed by atoms with van der Waals surface area (Å²) in [5.74, 6) is 0.963. The van der Waals surface area contributed by atoms with E-state index in [4.69, 9.17) is 9.26 Å². The zero-order valence-electron chi connectivity index (χ0n) is 14.6. The fourth-order valence-corrected chi connectivity index (χ4v) is 3.21. The summed E-state index contributed by atoms with van der Waals surface area (Å²) in [6.07, 6.45) is 2.17. The number of para-hydroxylation sites is 1. The third-order valence-electron chi connectivity index (χ3n) is 4.94. The van der Waals surface area contributed by atoms with E-state index in [0.717, 1.165) is 18.4 Å². The highest BCUT2D eigenvalue weighted by atomic mass is 16.5. The molecule has 2 aromatic carbocycles. The van der Waals surface area contributed by atoms with Gasteiger partial charge in [0, 0.05) is 18.0 Å². The van der Waals surface area contributed by atoms with Crippen LogP contribution in [0.4, 0.5) is 0 Å². The lowest BCUT2D eigenvalue weighted by Crippen LogP contribution is -2.32. The van der Waals surface area contributed by atoms with Crippen LogP contribution in [-0.2, 0) is 5.41 Å². The van der Waals surface area contributed by atoms with Crippen LogP contribution in [0.2, 0.25) is 0 Å². The maximum absolute atomic E-state index is 12.5. The van der Waals surface area contributed by atoms with E-state index < -0.39 is 0 Å².